The molecule has 0 bridgehead atoms. The maximum atomic E-state index is 8.73. The second kappa shape index (κ2) is 7.13. The van der Waals surface area contributed by atoms with Crippen LogP contribution in [-0.2, 0) is 0 Å². The fourth-order valence-corrected chi connectivity index (χ4v) is 2.15. The largest absolute Gasteiger partial charge is 0.382 e. The molecule has 1 rings (SSSR count). The first kappa shape index (κ1) is 12.9. The van der Waals surface area contributed by atoms with Crippen molar-refractivity contribution in [1.29, 1.82) is 5.26 Å². The molecule has 0 saturated carbocycles. The van der Waals surface area contributed by atoms with Crippen molar-refractivity contribution >= 4 is 17.4 Å². The summed E-state index contributed by atoms with van der Waals surface area (Å²) in [6.45, 7) is 4.33. The number of nitrogens with zero attached hydrogens (tertiary/aromatic N) is 2. The molecule has 1 atom stereocenters. The first-order valence-corrected chi connectivity index (χ1v) is 6.62. The Morgan fingerprint density at radius 1 is 1.62 bits per heavy atom. The van der Waals surface area contributed by atoms with E-state index in [0.29, 0.717) is 11.7 Å². The number of hydrogen-bond acceptors (Lipinski definition) is 4. The van der Waals surface area contributed by atoms with Gasteiger partial charge in [0.15, 0.2) is 0 Å². The van der Waals surface area contributed by atoms with Crippen LogP contribution in [0.4, 0.5) is 5.69 Å². The molecule has 0 aliphatic heterocycles. The summed E-state index contributed by atoms with van der Waals surface area (Å²) in [6, 6.07) is 6.14. The number of anilines is 1. The highest BCUT2D eigenvalue weighted by Gasteiger charge is 2.02. The Morgan fingerprint density at radius 2 is 2.44 bits per heavy atom. The van der Waals surface area contributed by atoms with E-state index in [1.165, 1.54) is 11.5 Å². The van der Waals surface area contributed by atoms with Gasteiger partial charge >= 0.3 is 0 Å². The number of thioether (sulfide) groups is 1. The fourth-order valence-electron chi connectivity index (χ4n) is 1.34. The smallest absolute Gasteiger partial charge is 0.142 e. The Kier molecular flexibility index (Phi) is 5.73. The summed E-state index contributed by atoms with van der Waals surface area (Å²) in [5.41, 5.74) is 1.43. The van der Waals surface area contributed by atoms with Gasteiger partial charge in [0.2, 0.25) is 0 Å². The Labute approximate surface area is 101 Å². The number of aromatic nitrogens is 1. The molecule has 16 heavy (non-hydrogen) atoms. The molecular formula is C12H17N3S. The van der Waals surface area contributed by atoms with E-state index in [1.54, 1.807) is 12.3 Å². The molecule has 0 spiro atoms. The quantitative estimate of drug-likeness (QED) is 0.770. The van der Waals surface area contributed by atoms with Gasteiger partial charge in [0.25, 0.3) is 0 Å². The lowest BCUT2D eigenvalue weighted by molar-refractivity contribution is 0.771. The minimum Gasteiger partial charge on any atom is -0.382 e. The van der Waals surface area contributed by atoms with E-state index in [0.717, 1.165) is 12.1 Å². The Balaban J connectivity index is 2.43. The lowest BCUT2D eigenvalue weighted by atomic mass is 10.2. The highest BCUT2D eigenvalue weighted by atomic mass is 32.2. The topological polar surface area (TPSA) is 48.7 Å². The molecule has 0 aliphatic carbocycles. The molecule has 0 aromatic carbocycles. The predicted molar refractivity (Wildman–Crippen MR) is 69.7 cm³/mol. The van der Waals surface area contributed by atoms with Gasteiger partial charge in [-0.2, -0.15) is 17.0 Å². The van der Waals surface area contributed by atoms with Crippen LogP contribution in [0.25, 0.3) is 0 Å². The van der Waals surface area contributed by atoms with Crippen molar-refractivity contribution in [3.63, 3.8) is 0 Å². The van der Waals surface area contributed by atoms with Gasteiger partial charge in [-0.1, -0.05) is 6.92 Å². The number of rotatable bonds is 6. The molecule has 0 saturated heterocycles. The third kappa shape index (κ3) is 4.54. The summed E-state index contributed by atoms with van der Waals surface area (Å²) in [6.07, 6.45) is 2.79. The molecule has 3 nitrogen and oxygen atoms in total. The lowest BCUT2D eigenvalue weighted by Crippen LogP contribution is -2.16. The van der Waals surface area contributed by atoms with Gasteiger partial charge in [0.05, 0.1) is 0 Å². The number of pyridine rings is 1. The highest BCUT2D eigenvalue weighted by molar-refractivity contribution is 7.99. The zero-order chi connectivity index (χ0) is 11.8. The van der Waals surface area contributed by atoms with Crippen LogP contribution >= 0.6 is 11.8 Å². The molecule has 1 unspecified atom stereocenters. The standard InChI is InChI=1S/C12H17N3S/c1-3-16-7-5-10(2)15-11-4-6-14-12(8-11)9-13/h4,6,8,10H,3,5,7H2,1-2H3,(H,14,15). The minimum absolute atomic E-state index is 0.424. The van der Waals surface area contributed by atoms with E-state index in [9.17, 15) is 0 Å². The van der Waals surface area contributed by atoms with Crippen LogP contribution in [0.3, 0.4) is 0 Å². The average molecular weight is 235 g/mol. The van der Waals surface area contributed by atoms with Crippen molar-refractivity contribution in [2.45, 2.75) is 26.3 Å². The summed E-state index contributed by atoms with van der Waals surface area (Å²) in [7, 11) is 0. The Morgan fingerprint density at radius 3 is 3.12 bits per heavy atom. The van der Waals surface area contributed by atoms with Crippen molar-refractivity contribution in [1.82, 2.24) is 4.98 Å². The van der Waals surface area contributed by atoms with Gasteiger partial charge in [-0.05, 0) is 37.0 Å². The molecule has 1 heterocycles. The highest BCUT2D eigenvalue weighted by Crippen LogP contribution is 2.12. The summed E-state index contributed by atoms with van der Waals surface area (Å²) < 4.78 is 0. The summed E-state index contributed by atoms with van der Waals surface area (Å²) in [5, 5.41) is 12.1. The first-order valence-electron chi connectivity index (χ1n) is 5.46. The van der Waals surface area contributed by atoms with Crippen molar-refractivity contribution < 1.29 is 0 Å². The van der Waals surface area contributed by atoms with Crippen LogP contribution in [0.2, 0.25) is 0 Å². The van der Waals surface area contributed by atoms with Crippen LogP contribution in [0, 0.1) is 11.3 Å². The van der Waals surface area contributed by atoms with Crippen molar-refractivity contribution in [3.05, 3.63) is 24.0 Å². The van der Waals surface area contributed by atoms with Crippen LogP contribution in [0.5, 0.6) is 0 Å². The van der Waals surface area contributed by atoms with E-state index in [4.69, 9.17) is 5.26 Å². The monoisotopic (exact) mass is 235 g/mol. The molecule has 0 amide bonds. The van der Waals surface area contributed by atoms with Gasteiger partial charge in [-0.25, -0.2) is 4.98 Å². The maximum absolute atomic E-state index is 8.73. The van der Waals surface area contributed by atoms with Crippen molar-refractivity contribution in [2.24, 2.45) is 0 Å². The van der Waals surface area contributed by atoms with Crippen LogP contribution < -0.4 is 5.32 Å². The second-order valence-electron chi connectivity index (χ2n) is 3.57. The van der Waals surface area contributed by atoms with Gasteiger partial charge in [-0.3, -0.25) is 0 Å². The van der Waals surface area contributed by atoms with E-state index in [2.05, 4.69) is 24.1 Å². The number of nitriles is 1. The third-order valence-electron chi connectivity index (χ3n) is 2.19. The second-order valence-corrected chi connectivity index (χ2v) is 4.97. The predicted octanol–water partition coefficient (Wildman–Crippen LogP) is 2.90. The summed E-state index contributed by atoms with van der Waals surface area (Å²) in [4.78, 5) is 3.94. The van der Waals surface area contributed by atoms with E-state index < -0.39 is 0 Å². The van der Waals surface area contributed by atoms with Crippen LogP contribution in [0.1, 0.15) is 26.0 Å². The van der Waals surface area contributed by atoms with Crippen molar-refractivity contribution in [3.8, 4) is 6.07 Å². The summed E-state index contributed by atoms with van der Waals surface area (Å²) >= 11 is 1.95. The maximum Gasteiger partial charge on any atom is 0.142 e. The van der Waals surface area contributed by atoms with E-state index in [-0.39, 0.29) is 0 Å². The molecule has 0 aliphatic rings. The average Bonchev–Trinajstić information content (AvgIpc) is 2.29. The zero-order valence-electron chi connectivity index (χ0n) is 9.73. The van der Waals surface area contributed by atoms with Crippen LogP contribution in [-0.4, -0.2) is 22.5 Å². The minimum atomic E-state index is 0.424. The molecule has 1 N–H and O–H groups in total. The van der Waals surface area contributed by atoms with Crippen LogP contribution in [0.15, 0.2) is 18.3 Å². The number of nitrogens with one attached hydrogen (secondary N) is 1. The Bertz CT molecular complexity index is 360. The summed E-state index contributed by atoms with van der Waals surface area (Å²) in [5.74, 6) is 2.33. The zero-order valence-corrected chi connectivity index (χ0v) is 10.5. The lowest BCUT2D eigenvalue weighted by Gasteiger charge is -2.14. The normalized spacial score (nSPS) is 11.8. The molecule has 86 valence electrons. The number of hydrogen-bond donors (Lipinski definition) is 1. The SMILES string of the molecule is CCSCCC(C)Nc1ccnc(C#N)c1. The van der Waals surface area contributed by atoms with Gasteiger partial charge < -0.3 is 5.32 Å². The van der Waals surface area contributed by atoms with E-state index >= 15 is 0 Å². The molecule has 0 radical (unpaired) electrons. The van der Waals surface area contributed by atoms with Gasteiger partial charge in [0.1, 0.15) is 11.8 Å². The van der Waals surface area contributed by atoms with E-state index in [1.807, 2.05) is 23.9 Å². The van der Waals surface area contributed by atoms with Gasteiger partial charge in [0, 0.05) is 17.9 Å². The molecular weight excluding hydrogens is 218 g/mol. The first-order chi connectivity index (χ1) is 7.76. The Hall–Kier alpha value is -1.21. The molecule has 4 heteroatoms. The third-order valence-corrected chi connectivity index (χ3v) is 3.12. The molecule has 0 fully saturated rings. The molecule has 1 aromatic rings. The fraction of sp³-hybridized carbons (Fsp3) is 0.500. The van der Waals surface area contributed by atoms with Gasteiger partial charge in [-0.15, -0.1) is 0 Å². The molecule has 1 aromatic heterocycles. The van der Waals surface area contributed by atoms with Crippen molar-refractivity contribution in [2.75, 3.05) is 16.8 Å².